The van der Waals surface area contributed by atoms with Gasteiger partial charge in [-0.25, -0.2) is 13.4 Å². The van der Waals surface area contributed by atoms with Gasteiger partial charge in [-0.05, 0) is 37.6 Å². The SMILES string of the molecule is Cc1cc(-c2ccc(C)c(S(=O)(=O)Nc3ccc(Cl)cn3)c2)on1. The van der Waals surface area contributed by atoms with Crippen LogP contribution in [0.1, 0.15) is 11.3 Å². The predicted molar refractivity (Wildman–Crippen MR) is 91.5 cm³/mol. The molecule has 0 aliphatic heterocycles. The van der Waals surface area contributed by atoms with Crippen LogP contribution in [-0.2, 0) is 10.0 Å². The number of hydrogen-bond donors (Lipinski definition) is 1. The van der Waals surface area contributed by atoms with E-state index in [0.717, 1.165) is 5.69 Å². The van der Waals surface area contributed by atoms with Crippen molar-refractivity contribution in [2.45, 2.75) is 18.7 Å². The summed E-state index contributed by atoms with van der Waals surface area (Å²) in [6, 6.07) is 9.86. The molecule has 124 valence electrons. The van der Waals surface area contributed by atoms with E-state index in [-0.39, 0.29) is 10.7 Å². The number of nitrogens with one attached hydrogen (secondary N) is 1. The molecular formula is C16H14ClN3O3S. The van der Waals surface area contributed by atoms with Gasteiger partial charge in [-0.1, -0.05) is 28.9 Å². The maximum atomic E-state index is 12.7. The van der Waals surface area contributed by atoms with Gasteiger partial charge >= 0.3 is 0 Å². The summed E-state index contributed by atoms with van der Waals surface area (Å²) in [4.78, 5) is 4.10. The van der Waals surface area contributed by atoms with Crippen LogP contribution < -0.4 is 4.72 Å². The average Bonchev–Trinajstić information content (AvgIpc) is 2.96. The van der Waals surface area contributed by atoms with E-state index >= 15 is 0 Å². The third-order valence-electron chi connectivity index (χ3n) is 3.36. The molecule has 24 heavy (non-hydrogen) atoms. The largest absolute Gasteiger partial charge is 0.356 e. The Kier molecular flexibility index (Phi) is 4.29. The summed E-state index contributed by atoms with van der Waals surface area (Å²) in [6.45, 7) is 3.52. The topological polar surface area (TPSA) is 85.1 Å². The fourth-order valence-electron chi connectivity index (χ4n) is 2.17. The van der Waals surface area contributed by atoms with E-state index in [1.165, 1.54) is 12.3 Å². The number of benzene rings is 1. The molecule has 0 bridgehead atoms. The molecule has 2 aromatic heterocycles. The zero-order valence-corrected chi connectivity index (χ0v) is 14.5. The minimum Gasteiger partial charge on any atom is -0.356 e. The van der Waals surface area contributed by atoms with E-state index in [1.807, 2.05) is 0 Å². The number of sulfonamides is 1. The molecule has 3 aromatic rings. The van der Waals surface area contributed by atoms with Crippen molar-refractivity contribution in [3.63, 3.8) is 0 Å². The summed E-state index contributed by atoms with van der Waals surface area (Å²) in [5.41, 5.74) is 1.96. The van der Waals surface area contributed by atoms with Gasteiger partial charge in [-0.3, -0.25) is 4.72 Å². The molecule has 8 heteroatoms. The monoisotopic (exact) mass is 363 g/mol. The van der Waals surface area contributed by atoms with Gasteiger partial charge in [0.25, 0.3) is 10.0 Å². The lowest BCUT2D eigenvalue weighted by Gasteiger charge is -2.11. The van der Waals surface area contributed by atoms with E-state index in [1.54, 1.807) is 44.2 Å². The Morgan fingerprint density at radius 2 is 1.92 bits per heavy atom. The summed E-state index contributed by atoms with van der Waals surface area (Å²) < 4.78 is 33.0. The number of hydrogen-bond acceptors (Lipinski definition) is 5. The molecule has 0 saturated heterocycles. The molecule has 0 fully saturated rings. The van der Waals surface area contributed by atoms with E-state index in [9.17, 15) is 8.42 Å². The molecule has 0 amide bonds. The average molecular weight is 364 g/mol. The molecule has 1 aromatic carbocycles. The van der Waals surface area contributed by atoms with Crippen molar-refractivity contribution in [2.24, 2.45) is 0 Å². The number of aromatic nitrogens is 2. The van der Waals surface area contributed by atoms with E-state index in [0.29, 0.717) is 21.9 Å². The van der Waals surface area contributed by atoms with Crippen LogP contribution in [0.3, 0.4) is 0 Å². The quantitative estimate of drug-likeness (QED) is 0.761. The molecule has 0 atom stereocenters. The van der Waals surface area contributed by atoms with Crippen LogP contribution in [-0.4, -0.2) is 18.6 Å². The Balaban J connectivity index is 1.99. The van der Waals surface area contributed by atoms with Crippen LogP contribution >= 0.6 is 11.6 Å². The minimum atomic E-state index is -3.80. The summed E-state index contributed by atoms with van der Waals surface area (Å²) in [5.74, 6) is 0.702. The molecule has 1 N–H and O–H groups in total. The molecule has 0 aliphatic carbocycles. The summed E-state index contributed by atoms with van der Waals surface area (Å²) in [5, 5.41) is 4.25. The second kappa shape index (κ2) is 6.26. The lowest BCUT2D eigenvalue weighted by atomic mass is 10.1. The maximum Gasteiger partial charge on any atom is 0.263 e. The summed E-state index contributed by atoms with van der Waals surface area (Å²) in [7, 11) is -3.80. The van der Waals surface area contributed by atoms with Crippen LogP contribution in [0.25, 0.3) is 11.3 Å². The highest BCUT2D eigenvalue weighted by atomic mass is 35.5. The fourth-order valence-corrected chi connectivity index (χ4v) is 3.56. The van der Waals surface area contributed by atoms with Crippen molar-refractivity contribution in [3.05, 3.63) is 58.9 Å². The zero-order valence-electron chi connectivity index (χ0n) is 12.9. The number of nitrogens with zero attached hydrogens (tertiary/aromatic N) is 2. The first kappa shape index (κ1) is 16.5. The number of anilines is 1. The third-order valence-corrected chi connectivity index (χ3v) is 5.08. The van der Waals surface area contributed by atoms with Gasteiger partial charge in [0.15, 0.2) is 5.76 Å². The standard InChI is InChI=1S/C16H14ClN3O3S/c1-10-3-4-12(14-7-11(2)19-23-14)8-15(10)24(21,22)20-16-6-5-13(17)9-18-16/h3-9H,1-2H3,(H,18,20). The first-order valence-electron chi connectivity index (χ1n) is 7.04. The highest BCUT2D eigenvalue weighted by Crippen LogP contribution is 2.27. The number of pyridine rings is 1. The lowest BCUT2D eigenvalue weighted by Crippen LogP contribution is -2.15. The van der Waals surface area contributed by atoms with Crippen LogP contribution in [0, 0.1) is 13.8 Å². The second-order valence-corrected chi connectivity index (χ2v) is 7.37. The Bertz CT molecular complexity index is 982. The highest BCUT2D eigenvalue weighted by molar-refractivity contribution is 7.92. The molecule has 6 nitrogen and oxygen atoms in total. The predicted octanol–water partition coefficient (Wildman–Crippen LogP) is 3.81. The fraction of sp³-hybridized carbons (Fsp3) is 0.125. The number of aryl methyl sites for hydroxylation is 2. The molecule has 0 unspecified atom stereocenters. The summed E-state index contributed by atoms with van der Waals surface area (Å²) >= 11 is 5.76. The van der Waals surface area contributed by atoms with Crippen molar-refractivity contribution in [2.75, 3.05) is 4.72 Å². The van der Waals surface area contributed by atoms with Crippen molar-refractivity contribution in [1.29, 1.82) is 0 Å². The van der Waals surface area contributed by atoms with Crippen molar-refractivity contribution < 1.29 is 12.9 Å². The minimum absolute atomic E-state index is 0.144. The van der Waals surface area contributed by atoms with Crippen molar-refractivity contribution in [1.82, 2.24) is 10.1 Å². The van der Waals surface area contributed by atoms with Gasteiger partial charge in [0.2, 0.25) is 0 Å². The molecule has 0 aliphatic rings. The van der Waals surface area contributed by atoms with Crippen molar-refractivity contribution >= 4 is 27.4 Å². The number of rotatable bonds is 4. The van der Waals surface area contributed by atoms with Crippen LogP contribution in [0.4, 0.5) is 5.82 Å². The van der Waals surface area contributed by atoms with Crippen LogP contribution in [0.5, 0.6) is 0 Å². The van der Waals surface area contributed by atoms with E-state index in [2.05, 4.69) is 14.9 Å². The Morgan fingerprint density at radius 3 is 2.54 bits per heavy atom. The molecule has 3 rings (SSSR count). The van der Waals surface area contributed by atoms with Gasteiger partial charge in [-0.15, -0.1) is 0 Å². The maximum absolute atomic E-state index is 12.7. The first-order chi connectivity index (χ1) is 11.3. The smallest absolute Gasteiger partial charge is 0.263 e. The van der Waals surface area contributed by atoms with Crippen LogP contribution in [0.2, 0.25) is 5.02 Å². The first-order valence-corrected chi connectivity index (χ1v) is 8.90. The molecule has 0 radical (unpaired) electrons. The van der Waals surface area contributed by atoms with Gasteiger partial charge in [-0.2, -0.15) is 0 Å². The van der Waals surface area contributed by atoms with Gasteiger partial charge in [0, 0.05) is 17.8 Å². The van der Waals surface area contributed by atoms with Gasteiger partial charge < -0.3 is 4.52 Å². The Labute approximate surface area is 144 Å². The lowest BCUT2D eigenvalue weighted by molar-refractivity contribution is 0.427. The Morgan fingerprint density at radius 1 is 1.12 bits per heavy atom. The second-order valence-electron chi connectivity index (χ2n) is 5.28. The van der Waals surface area contributed by atoms with Crippen molar-refractivity contribution in [3.8, 4) is 11.3 Å². The van der Waals surface area contributed by atoms with Crippen LogP contribution in [0.15, 0.2) is 52.0 Å². The summed E-state index contributed by atoms with van der Waals surface area (Å²) in [6.07, 6.45) is 1.37. The normalized spacial score (nSPS) is 11.5. The molecule has 0 saturated carbocycles. The van der Waals surface area contributed by atoms with Gasteiger partial charge in [0.1, 0.15) is 5.82 Å². The Hall–Kier alpha value is -2.38. The van der Waals surface area contributed by atoms with E-state index < -0.39 is 10.0 Å². The zero-order chi connectivity index (χ0) is 17.3. The molecule has 2 heterocycles. The van der Waals surface area contributed by atoms with E-state index in [4.69, 9.17) is 16.1 Å². The molecular weight excluding hydrogens is 350 g/mol. The number of halogens is 1. The highest BCUT2D eigenvalue weighted by Gasteiger charge is 2.19. The van der Waals surface area contributed by atoms with Gasteiger partial charge in [0.05, 0.1) is 15.6 Å². The third kappa shape index (κ3) is 3.42. The molecule has 0 spiro atoms.